The highest BCUT2D eigenvalue weighted by Gasteiger charge is 2.43. The lowest BCUT2D eigenvalue weighted by Gasteiger charge is -2.10. The van der Waals surface area contributed by atoms with Gasteiger partial charge in [-0.25, -0.2) is 4.79 Å². The number of methoxy groups -OCH3 is 1. The predicted molar refractivity (Wildman–Crippen MR) is 39.4 cm³/mol. The minimum absolute atomic E-state index is 0.252. The molecule has 3 unspecified atom stereocenters. The van der Waals surface area contributed by atoms with Gasteiger partial charge in [0.15, 0.2) is 0 Å². The number of carbonyl (C=O) groups excluding carboxylic acids is 1. The van der Waals surface area contributed by atoms with E-state index in [2.05, 4.69) is 4.74 Å². The van der Waals surface area contributed by atoms with E-state index in [1.807, 2.05) is 0 Å². The van der Waals surface area contributed by atoms with Crippen LogP contribution >= 0.6 is 0 Å². The van der Waals surface area contributed by atoms with Gasteiger partial charge in [0, 0.05) is 6.42 Å². The van der Waals surface area contributed by atoms with Gasteiger partial charge in [-0.3, -0.25) is 0 Å². The molecular weight excluding hydrogens is 160 g/mol. The second-order valence-electron chi connectivity index (χ2n) is 3.01. The zero-order valence-corrected chi connectivity index (χ0v) is 6.69. The third-order valence-corrected chi connectivity index (χ3v) is 2.27. The second kappa shape index (κ2) is 2.57. The van der Waals surface area contributed by atoms with Crippen molar-refractivity contribution in [2.75, 3.05) is 7.11 Å². The maximum Gasteiger partial charge on any atom is 0.336 e. The molecule has 0 spiro atoms. The SMILES string of the molecule is COC(=O)C1=CC2OC1CC2O. The summed E-state index contributed by atoms with van der Waals surface area (Å²) < 4.78 is 9.83. The van der Waals surface area contributed by atoms with Crippen LogP contribution < -0.4 is 0 Å². The van der Waals surface area contributed by atoms with Crippen LogP contribution in [0.1, 0.15) is 6.42 Å². The zero-order chi connectivity index (χ0) is 8.72. The second-order valence-corrected chi connectivity index (χ2v) is 3.01. The quantitative estimate of drug-likeness (QED) is 0.545. The van der Waals surface area contributed by atoms with E-state index < -0.39 is 6.10 Å². The van der Waals surface area contributed by atoms with Crippen molar-refractivity contribution in [2.24, 2.45) is 0 Å². The van der Waals surface area contributed by atoms with E-state index in [1.165, 1.54) is 7.11 Å². The summed E-state index contributed by atoms with van der Waals surface area (Å²) in [6.07, 6.45) is 1.14. The lowest BCUT2D eigenvalue weighted by atomic mass is 9.97. The third-order valence-electron chi connectivity index (χ3n) is 2.27. The Balaban J connectivity index is 2.17. The van der Waals surface area contributed by atoms with Gasteiger partial charge in [0.2, 0.25) is 0 Å². The molecule has 2 aliphatic heterocycles. The fraction of sp³-hybridized carbons (Fsp3) is 0.625. The Kier molecular flexibility index (Phi) is 1.66. The summed E-state index contributed by atoms with van der Waals surface area (Å²) in [6, 6.07) is 0. The Morgan fingerprint density at radius 1 is 1.83 bits per heavy atom. The molecule has 66 valence electrons. The van der Waals surface area contributed by atoms with Crippen molar-refractivity contribution in [3.63, 3.8) is 0 Å². The third kappa shape index (κ3) is 0.956. The summed E-state index contributed by atoms with van der Waals surface area (Å²) in [4.78, 5) is 11.1. The number of hydrogen-bond donors (Lipinski definition) is 1. The summed E-state index contributed by atoms with van der Waals surface area (Å²) in [7, 11) is 1.34. The van der Waals surface area contributed by atoms with Crippen LogP contribution in [-0.2, 0) is 14.3 Å². The van der Waals surface area contributed by atoms with Crippen molar-refractivity contribution in [3.05, 3.63) is 11.6 Å². The van der Waals surface area contributed by atoms with Crippen molar-refractivity contribution < 1.29 is 19.4 Å². The summed E-state index contributed by atoms with van der Waals surface area (Å²) in [5.41, 5.74) is 0.549. The summed E-state index contributed by atoms with van der Waals surface area (Å²) in [5.74, 6) is -0.352. The Bertz CT molecular complexity index is 245. The normalized spacial score (nSPS) is 38.2. The van der Waals surface area contributed by atoms with Crippen LogP contribution in [0, 0.1) is 0 Å². The van der Waals surface area contributed by atoms with Gasteiger partial charge in [-0.05, 0) is 6.08 Å². The first-order chi connectivity index (χ1) is 5.72. The minimum Gasteiger partial charge on any atom is -0.466 e. The number of ether oxygens (including phenoxy) is 2. The zero-order valence-electron chi connectivity index (χ0n) is 6.69. The average Bonchev–Trinajstić information content (AvgIpc) is 2.60. The molecule has 1 N–H and O–H groups in total. The molecule has 0 aromatic carbocycles. The van der Waals surface area contributed by atoms with Crippen molar-refractivity contribution >= 4 is 5.97 Å². The van der Waals surface area contributed by atoms with Gasteiger partial charge in [-0.15, -0.1) is 0 Å². The Hall–Kier alpha value is -0.870. The molecule has 0 saturated carbocycles. The van der Waals surface area contributed by atoms with E-state index in [-0.39, 0.29) is 18.2 Å². The number of hydrogen-bond acceptors (Lipinski definition) is 4. The molecule has 2 rings (SSSR count). The first-order valence-electron chi connectivity index (χ1n) is 3.86. The van der Waals surface area contributed by atoms with Crippen LogP contribution in [0.4, 0.5) is 0 Å². The molecule has 3 atom stereocenters. The molecule has 2 bridgehead atoms. The summed E-state index contributed by atoms with van der Waals surface area (Å²) >= 11 is 0. The smallest absolute Gasteiger partial charge is 0.336 e. The molecule has 0 amide bonds. The lowest BCUT2D eigenvalue weighted by molar-refractivity contribution is -0.137. The van der Waals surface area contributed by atoms with Crippen LogP contribution in [0.15, 0.2) is 11.6 Å². The van der Waals surface area contributed by atoms with E-state index in [0.29, 0.717) is 12.0 Å². The van der Waals surface area contributed by atoms with Crippen LogP contribution in [0.3, 0.4) is 0 Å². The molecular formula is C8H10O4. The van der Waals surface area contributed by atoms with Gasteiger partial charge in [0.1, 0.15) is 6.10 Å². The van der Waals surface area contributed by atoms with Crippen molar-refractivity contribution in [1.29, 1.82) is 0 Å². The Morgan fingerprint density at radius 3 is 3.00 bits per heavy atom. The van der Waals surface area contributed by atoms with E-state index in [0.717, 1.165) is 0 Å². The first kappa shape index (κ1) is 7.76. The molecule has 2 heterocycles. The maximum atomic E-state index is 11.1. The largest absolute Gasteiger partial charge is 0.466 e. The molecule has 12 heavy (non-hydrogen) atoms. The molecule has 0 radical (unpaired) electrons. The minimum atomic E-state index is -0.455. The highest BCUT2D eigenvalue weighted by Crippen LogP contribution is 2.34. The Labute approximate surface area is 69.8 Å². The predicted octanol–water partition coefficient (Wildman–Crippen LogP) is -0.382. The van der Waals surface area contributed by atoms with Gasteiger partial charge in [-0.1, -0.05) is 0 Å². The van der Waals surface area contributed by atoms with Crippen LogP contribution in [0.25, 0.3) is 0 Å². The van der Waals surface area contributed by atoms with Gasteiger partial charge < -0.3 is 14.6 Å². The van der Waals surface area contributed by atoms with Crippen LogP contribution in [0.2, 0.25) is 0 Å². The first-order valence-corrected chi connectivity index (χ1v) is 3.86. The number of carbonyl (C=O) groups is 1. The van der Waals surface area contributed by atoms with E-state index in [1.54, 1.807) is 6.08 Å². The molecule has 0 aromatic rings. The molecule has 4 nitrogen and oxygen atoms in total. The molecule has 2 aliphatic rings. The van der Waals surface area contributed by atoms with Gasteiger partial charge in [-0.2, -0.15) is 0 Å². The van der Waals surface area contributed by atoms with Crippen molar-refractivity contribution in [3.8, 4) is 0 Å². The number of fused-ring (bicyclic) bond motifs is 2. The van der Waals surface area contributed by atoms with Crippen LogP contribution in [-0.4, -0.2) is 36.5 Å². The molecule has 0 aliphatic carbocycles. The fourth-order valence-electron chi connectivity index (χ4n) is 1.64. The van der Waals surface area contributed by atoms with Crippen molar-refractivity contribution in [1.82, 2.24) is 0 Å². The Morgan fingerprint density at radius 2 is 2.58 bits per heavy atom. The molecule has 1 saturated heterocycles. The molecule has 1 fully saturated rings. The summed E-state index contributed by atoms with van der Waals surface area (Å²) in [5, 5.41) is 9.27. The van der Waals surface area contributed by atoms with Crippen LogP contribution in [0.5, 0.6) is 0 Å². The van der Waals surface area contributed by atoms with Crippen molar-refractivity contribution in [2.45, 2.75) is 24.7 Å². The highest BCUT2D eigenvalue weighted by atomic mass is 16.5. The fourth-order valence-corrected chi connectivity index (χ4v) is 1.64. The number of aliphatic hydroxyl groups is 1. The topological polar surface area (TPSA) is 55.8 Å². The average molecular weight is 170 g/mol. The van der Waals surface area contributed by atoms with Gasteiger partial charge >= 0.3 is 5.97 Å². The van der Waals surface area contributed by atoms with E-state index in [4.69, 9.17) is 4.74 Å². The monoisotopic (exact) mass is 170 g/mol. The molecule has 4 heteroatoms. The highest BCUT2D eigenvalue weighted by molar-refractivity contribution is 5.90. The standard InChI is InChI=1S/C8H10O4/c1-11-8(10)4-2-7-5(9)3-6(4)12-7/h2,5-7,9H,3H2,1H3. The lowest BCUT2D eigenvalue weighted by Crippen LogP contribution is -2.22. The number of rotatable bonds is 1. The number of esters is 1. The maximum absolute atomic E-state index is 11.1. The summed E-state index contributed by atoms with van der Waals surface area (Å²) in [6.45, 7) is 0. The van der Waals surface area contributed by atoms with E-state index >= 15 is 0 Å². The van der Waals surface area contributed by atoms with Gasteiger partial charge in [0.05, 0.1) is 24.9 Å². The van der Waals surface area contributed by atoms with Gasteiger partial charge in [0.25, 0.3) is 0 Å². The van der Waals surface area contributed by atoms with E-state index in [9.17, 15) is 9.90 Å². The molecule has 0 aromatic heterocycles. The number of aliphatic hydroxyl groups excluding tert-OH is 1.